The van der Waals surface area contributed by atoms with Gasteiger partial charge in [0.25, 0.3) is 0 Å². The third kappa shape index (κ3) is 2.33. The van der Waals surface area contributed by atoms with E-state index in [1.807, 2.05) is 11.8 Å². The first-order valence-electron chi connectivity index (χ1n) is 6.80. The molecule has 2 aromatic rings. The van der Waals surface area contributed by atoms with E-state index in [2.05, 4.69) is 19.9 Å². The summed E-state index contributed by atoms with van der Waals surface area (Å²) in [5.74, 6) is 1.15. The minimum absolute atomic E-state index is 0.232. The van der Waals surface area contributed by atoms with Crippen LogP contribution in [-0.2, 0) is 6.42 Å². The molecule has 1 fully saturated rings. The van der Waals surface area contributed by atoms with Gasteiger partial charge < -0.3 is 4.90 Å². The zero-order valence-electron chi connectivity index (χ0n) is 11.3. The standard InChI is InChI=1S/C14H16FN5/c1-2-11-12(15)14(19-9-18-11)20-7-4-10(8-20)13-16-5-3-6-17-13/h3,5-6,9-10H,2,4,7-8H2,1H3. The molecule has 0 bridgehead atoms. The van der Waals surface area contributed by atoms with E-state index in [1.165, 1.54) is 6.33 Å². The first kappa shape index (κ1) is 12.9. The third-order valence-corrected chi connectivity index (χ3v) is 3.62. The Morgan fingerprint density at radius 1 is 1.25 bits per heavy atom. The number of hydrogen-bond donors (Lipinski definition) is 0. The normalized spacial score (nSPS) is 18.5. The summed E-state index contributed by atoms with van der Waals surface area (Å²) in [4.78, 5) is 18.6. The average Bonchev–Trinajstić information content (AvgIpc) is 2.98. The highest BCUT2D eigenvalue weighted by atomic mass is 19.1. The molecule has 1 aliphatic heterocycles. The van der Waals surface area contributed by atoms with Crippen LogP contribution in [0.25, 0.3) is 0 Å². The van der Waals surface area contributed by atoms with Crippen LogP contribution >= 0.6 is 0 Å². The number of hydrogen-bond acceptors (Lipinski definition) is 5. The molecule has 0 aromatic carbocycles. The molecule has 6 heteroatoms. The Hall–Kier alpha value is -2.11. The van der Waals surface area contributed by atoms with Crippen LogP contribution in [-0.4, -0.2) is 33.0 Å². The molecule has 5 nitrogen and oxygen atoms in total. The number of nitrogens with zero attached hydrogens (tertiary/aromatic N) is 5. The van der Waals surface area contributed by atoms with Crippen molar-refractivity contribution >= 4 is 5.82 Å². The second-order valence-corrected chi connectivity index (χ2v) is 4.85. The lowest BCUT2D eigenvalue weighted by molar-refractivity contribution is 0.588. The molecule has 2 aromatic heterocycles. The maximum absolute atomic E-state index is 14.3. The van der Waals surface area contributed by atoms with Crippen molar-refractivity contribution in [1.82, 2.24) is 19.9 Å². The summed E-state index contributed by atoms with van der Waals surface area (Å²) >= 11 is 0. The van der Waals surface area contributed by atoms with Crippen molar-refractivity contribution in [1.29, 1.82) is 0 Å². The van der Waals surface area contributed by atoms with Crippen molar-refractivity contribution in [2.24, 2.45) is 0 Å². The van der Waals surface area contributed by atoms with Gasteiger partial charge in [-0.15, -0.1) is 0 Å². The van der Waals surface area contributed by atoms with Crippen LogP contribution in [0.3, 0.4) is 0 Å². The van der Waals surface area contributed by atoms with E-state index in [9.17, 15) is 4.39 Å². The number of aryl methyl sites for hydroxylation is 1. The number of rotatable bonds is 3. The minimum Gasteiger partial charge on any atom is -0.353 e. The van der Waals surface area contributed by atoms with Gasteiger partial charge in [0.2, 0.25) is 0 Å². The number of halogens is 1. The SMILES string of the molecule is CCc1ncnc(N2CCC(c3ncccn3)C2)c1F. The molecule has 3 heterocycles. The topological polar surface area (TPSA) is 54.8 Å². The van der Waals surface area contributed by atoms with Gasteiger partial charge in [0.1, 0.15) is 12.2 Å². The fraction of sp³-hybridized carbons (Fsp3) is 0.429. The molecule has 0 amide bonds. The Labute approximate surface area is 116 Å². The molecule has 1 unspecified atom stereocenters. The van der Waals surface area contributed by atoms with E-state index >= 15 is 0 Å². The minimum atomic E-state index is -0.301. The molecular weight excluding hydrogens is 257 g/mol. The zero-order chi connectivity index (χ0) is 13.9. The molecule has 1 saturated heterocycles. The van der Waals surface area contributed by atoms with Gasteiger partial charge in [-0.2, -0.15) is 0 Å². The molecule has 104 valence electrons. The molecule has 20 heavy (non-hydrogen) atoms. The van der Waals surface area contributed by atoms with Crippen LogP contribution in [0.5, 0.6) is 0 Å². The highest BCUT2D eigenvalue weighted by molar-refractivity contribution is 5.43. The van der Waals surface area contributed by atoms with Gasteiger partial charge in [-0.1, -0.05) is 6.92 Å². The zero-order valence-corrected chi connectivity index (χ0v) is 11.3. The molecule has 0 aliphatic carbocycles. The summed E-state index contributed by atoms with van der Waals surface area (Å²) in [5.41, 5.74) is 0.467. The van der Waals surface area contributed by atoms with E-state index in [0.29, 0.717) is 24.5 Å². The van der Waals surface area contributed by atoms with Crippen LogP contribution in [0.15, 0.2) is 24.8 Å². The Balaban J connectivity index is 1.81. The van der Waals surface area contributed by atoms with Gasteiger partial charge >= 0.3 is 0 Å². The lowest BCUT2D eigenvalue weighted by atomic mass is 10.1. The predicted octanol–water partition coefficient (Wildman–Crippen LogP) is 1.96. The van der Waals surface area contributed by atoms with E-state index in [1.54, 1.807) is 18.5 Å². The number of aromatic nitrogens is 4. The summed E-state index contributed by atoms with van der Waals surface area (Å²) in [5, 5.41) is 0. The maximum Gasteiger partial charge on any atom is 0.187 e. The first-order chi connectivity index (χ1) is 9.79. The first-order valence-corrected chi connectivity index (χ1v) is 6.80. The second kappa shape index (κ2) is 5.48. The van der Waals surface area contributed by atoms with Gasteiger partial charge in [0.05, 0.1) is 5.69 Å². The summed E-state index contributed by atoms with van der Waals surface area (Å²) in [7, 11) is 0. The van der Waals surface area contributed by atoms with Gasteiger partial charge in [-0.3, -0.25) is 0 Å². The molecular formula is C14H16FN5. The van der Waals surface area contributed by atoms with Crippen molar-refractivity contribution in [3.05, 3.63) is 42.1 Å². The Kier molecular flexibility index (Phi) is 3.54. The smallest absolute Gasteiger partial charge is 0.187 e. The third-order valence-electron chi connectivity index (χ3n) is 3.62. The fourth-order valence-electron chi connectivity index (χ4n) is 2.55. The second-order valence-electron chi connectivity index (χ2n) is 4.85. The lowest BCUT2D eigenvalue weighted by Crippen LogP contribution is -2.23. The Morgan fingerprint density at radius 2 is 2.05 bits per heavy atom. The van der Waals surface area contributed by atoms with Crippen LogP contribution in [0.4, 0.5) is 10.2 Å². The summed E-state index contributed by atoms with van der Waals surface area (Å²) in [6.07, 6.45) is 6.40. The van der Waals surface area contributed by atoms with Gasteiger partial charge in [0.15, 0.2) is 11.6 Å². The molecule has 0 N–H and O–H groups in total. The highest BCUT2D eigenvalue weighted by Crippen LogP contribution is 2.29. The van der Waals surface area contributed by atoms with Crippen LogP contribution < -0.4 is 4.90 Å². The van der Waals surface area contributed by atoms with Crippen LogP contribution in [0, 0.1) is 5.82 Å². The molecule has 1 aliphatic rings. The molecule has 3 rings (SSSR count). The van der Waals surface area contributed by atoms with Gasteiger partial charge in [0, 0.05) is 31.4 Å². The molecule has 0 spiro atoms. The van der Waals surface area contributed by atoms with Crippen LogP contribution in [0.1, 0.15) is 30.8 Å². The molecule has 0 saturated carbocycles. The van der Waals surface area contributed by atoms with E-state index < -0.39 is 0 Å². The van der Waals surface area contributed by atoms with E-state index in [-0.39, 0.29) is 11.7 Å². The number of anilines is 1. The summed E-state index contributed by atoms with van der Waals surface area (Å²) < 4.78 is 14.3. The monoisotopic (exact) mass is 273 g/mol. The van der Waals surface area contributed by atoms with Crippen molar-refractivity contribution in [3.8, 4) is 0 Å². The summed E-state index contributed by atoms with van der Waals surface area (Å²) in [6.45, 7) is 3.35. The Morgan fingerprint density at radius 3 is 2.80 bits per heavy atom. The van der Waals surface area contributed by atoms with Gasteiger partial charge in [-0.25, -0.2) is 24.3 Å². The molecule has 1 atom stereocenters. The van der Waals surface area contributed by atoms with Crippen molar-refractivity contribution < 1.29 is 4.39 Å². The van der Waals surface area contributed by atoms with E-state index in [0.717, 1.165) is 18.8 Å². The van der Waals surface area contributed by atoms with Crippen molar-refractivity contribution in [3.63, 3.8) is 0 Å². The maximum atomic E-state index is 14.3. The quantitative estimate of drug-likeness (QED) is 0.855. The van der Waals surface area contributed by atoms with Crippen LogP contribution in [0.2, 0.25) is 0 Å². The predicted molar refractivity (Wildman–Crippen MR) is 73.0 cm³/mol. The largest absolute Gasteiger partial charge is 0.353 e. The van der Waals surface area contributed by atoms with Crippen molar-refractivity contribution in [2.75, 3.05) is 18.0 Å². The molecule has 0 radical (unpaired) electrons. The summed E-state index contributed by atoms with van der Waals surface area (Å²) in [6, 6.07) is 1.80. The lowest BCUT2D eigenvalue weighted by Gasteiger charge is -2.18. The van der Waals surface area contributed by atoms with Gasteiger partial charge in [-0.05, 0) is 18.9 Å². The van der Waals surface area contributed by atoms with Crippen molar-refractivity contribution in [2.45, 2.75) is 25.7 Å². The highest BCUT2D eigenvalue weighted by Gasteiger charge is 2.28. The van der Waals surface area contributed by atoms with E-state index in [4.69, 9.17) is 0 Å². The fourth-order valence-corrected chi connectivity index (χ4v) is 2.55. The average molecular weight is 273 g/mol. The Bertz CT molecular complexity index is 589.